The highest BCUT2D eigenvalue weighted by molar-refractivity contribution is 5.79. The number of carbonyl (C=O) groups is 1. The van der Waals surface area contributed by atoms with Gasteiger partial charge in [-0.15, -0.1) is 0 Å². The average Bonchev–Trinajstić information content (AvgIpc) is 2.91. The molecule has 3 rings (SSSR count). The van der Waals surface area contributed by atoms with Crippen LogP contribution < -0.4 is 5.32 Å². The molecule has 0 saturated heterocycles. The van der Waals surface area contributed by atoms with Crippen molar-refractivity contribution in [1.29, 1.82) is 0 Å². The molecule has 1 heterocycles. The third-order valence-corrected chi connectivity index (χ3v) is 4.56. The summed E-state index contributed by atoms with van der Waals surface area (Å²) in [5.41, 5.74) is 2.34. The summed E-state index contributed by atoms with van der Waals surface area (Å²) in [6.45, 7) is 4.29. The molecule has 114 valence electrons. The van der Waals surface area contributed by atoms with Crippen molar-refractivity contribution in [3.8, 4) is 0 Å². The van der Waals surface area contributed by atoms with Gasteiger partial charge in [-0.2, -0.15) is 0 Å². The fourth-order valence-corrected chi connectivity index (χ4v) is 3.23. The van der Waals surface area contributed by atoms with Gasteiger partial charge >= 0.3 is 0 Å². The van der Waals surface area contributed by atoms with Crippen molar-refractivity contribution in [3.63, 3.8) is 0 Å². The zero-order valence-corrected chi connectivity index (χ0v) is 13.0. The molecule has 0 aromatic carbocycles. The number of aromatic amines is 1. The Kier molecular flexibility index (Phi) is 4.13. The Balaban J connectivity index is 1.63. The standard InChI is InChI=1S/C17H25N3O/c1-11(2)16-19-14-9-8-12(10-15(14)20-16)17(21)18-13-6-4-3-5-7-13/h4,6,11-13H,3,5,7-10H2,1-2H3,(H,18,21)(H,19,20)/t12-,13+/m1/s1. The first-order valence-electron chi connectivity index (χ1n) is 8.18. The molecule has 0 spiro atoms. The maximum absolute atomic E-state index is 12.4. The van der Waals surface area contributed by atoms with Crippen molar-refractivity contribution in [2.75, 3.05) is 0 Å². The summed E-state index contributed by atoms with van der Waals surface area (Å²) < 4.78 is 0. The molecular formula is C17H25N3O. The van der Waals surface area contributed by atoms with Crippen molar-refractivity contribution >= 4 is 5.91 Å². The molecule has 2 N–H and O–H groups in total. The van der Waals surface area contributed by atoms with Crippen molar-refractivity contribution in [2.45, 2.75) is 64.3 Å². The number of hydrogen-bond acceptors (Lipinski definition) is 2. The Bertz CT molecular complexity index is 544. The number of carbonyl (C=O) groups excluding carboxylic acids is 1. The number of hydrogen-bond donors (Lipinski definition) is 2. The molecule has 0 saturated carbocycles. The number of aromatic nitrogens is 2. The Morgan fingerprint density at radius 3 is 3.00 bits per heavy atom. The predicted octanol–water partition coefficient (Wildman–Crippen LogP) is 2.86. The Morgan fingerprint density at radius 1 is 1.43 bits per heavy atom. The molecule has 21 heavy (non-hydrogen) atoms. The Morgan fingerprint density at radius 2 is 2.29 bits per heavy atom. The highest BCUT2D eigenvalue weighted by atomic mass is 16.1. The quantitative estimate of drug-likeness (QED) is 0.840. The van der Waals surface area contributed by atoms with Crippen LogP contribution in [-0.4, -0.2) is 21.9 Å². The van der Waals surface area contributed by atoms with Gasteiger partial charge in [0.15, 0.2) is 0 Å². The second-order valence-corrected chi connectivity index (χ2v) is 6.62. The van der Waals surface area contributed by atoms with Crippen LogP contribution in [0.15, 0.2) is 12.2 Å². The molecule has 0 unspecified atom stereocenters. The minimum absolute atomic E-state index is 0.0910. The summed E-state index contributed by atoms with van der Waals surface area (Å²) in [5.74, 6) is 1.76. The molecule has 1 aromatic heterocycles. The molecule has 4 heteroatoms. The third kappa shape index (κ3) is 3.20. The van der Waals surface area contributed by atoms with Gasteiger partial charge in [0, 0.05) is 30.0 Å². The molecule has 2 aliphatic carbocycles. The van der Waals surface area contributed by atoms with Gasteiger partial charge in [-0.1, -0.05) is 26.0 Å². The van der Waals surface area contributed by atoms with E-state index in [1.807, 2.05) is 0 Å². The lowest BCUT2D eigenvalue weighted by atomic mass is 9.88. The van der Waals surface area contributed by atoms with E-state index in [-0.39, 0.29) is 17.9 Å². The van der Waals surface area contributed by atoms with E-state index in [9.17, 15) is 4.79 Å². The third-order valence-electron chi connectivity index (χ3n) is 4.56. The van der Waals surface area contributed by atoms with Crippen LogP contribution in [0.3, 0.4) is 0 Å². The zero-order valence-electron chi connectivity index (χ0n) is 13.0. The average molecular weight is 287 g/mol. The minimum atomic E-state index is 0.0910. The van der Waals surface area contributed by atoms with Crippen molar-refractivity contribution in [2.24, 2.45) is 5.92 Å². The molecule has 0 bridgehead atoms. The van der Waals surface area contributed by atoms with Gasteiger partial charge in [0.1, 0.15) is 5.82 Å². The van der Waals surface area contributed by atoms with Crippen LogP contribution in [0.25, 0.3) is 0 Å². The van der Waals surface area contributed by atoms with Gasteiger partial charge in [0.2, 0.25) is 5.91 Å². The summed E-state index contributed by atoms with van der Waals surface area (Å²) in [5, 5.41) is 3.19. The van der Waals surface area contributed by atoms with Gasteiger partial charge < -0.3 is 10.3 Å². The van der Waals surface area contributed by atoms with Gasteiger partial charge in [-0.25, -0.2) is 4.98 Å². The number of amides is 1. The van der Waals surface area contributed by atoms with E-state index in [0.29, 0.717) is 5.92 Å². The second kappa shape index (κ2) is 6.04. The van der Waals surface area contributed by atoms with Crippen LogP contribution in [0.4, 0.5) is 0 Å². The first-order valence-corrected chi connectivity index (χ1v) is 8.18. The number of H-pyrrole nitrogens is 1. The van der Waals surface area contributed by atoms with Crippen LogP contribution in [0.2, 0.25) is 0 Å². The highest BCUT2D eigenvalue weighted by Gasteiger charge is 2.28. The molecule has 4 nitrogen and oxygen atoms in total. The fraction of sp³-hybridized carbons (Fsp3) is 0.647. The van der Waals surface area contributed by atoms with E-state index in [2.05, 4.69) is 41.3 Å². The first-order chi connectivity index (χ1) is 10.1. The SMILES string of the molecule is CC(C)c1nc2c([nH]1)C[C@H](C(=O)N[C@H]1C=CCCC1)CC2. The van der Waals surface area contributed by atoms with E-state index in [0.717, 1.165) is 37.9 Å². The summed E-state index contributed by atoms with van der Waals surface area (Å²) in [6.07, 6.45) is 10.3. The van der Waals surface area contributed by atoms with E-state index in [1.165, 1.54) is 17.8 Å². The van der Waals surface area contributed by atoms with Crippen molar-refractivity contribution in [1.82, 2.24) is 15.3 Å². The summed E-state index contributed by atoms with van der Waals surface area (Å²) in [7, 11) is 0. The smallest absolute Gasteiger partial charge is 0.223 e. The highest BCUT2D eigenvalue weighted by Crippen LogP contribution is 2.26. The molecule has 0 radical (unpaired) electrons. The van der Waals surface area contributed by atoms with Crippen LogP contribution in [0.5, 0.6) is 0 Å². The number of allylic oxidation sites excluding steroid dienone is 1. The molecule has 2 atom stereocenters. The number of nitrogens with one attached hydrogen (secondary N) is 2. The lowest BCUT2D eigenvalue weighted by Crippen LogP contribution is -2.40. The summed E-state index contributed by atoms with van der Waals surface area (Å²) in [4.78, 5) is 20.5. The predicted molar refractivity (Wildman–Crippen MR) is 83.1 cm³/mol. The van der Waals surface area contributed by atoms with Gasteiger partial charge in [-0.05, 0) is 32.1 Å². The number of rotatable bonds is 3. The van der Waals surface area contributed by atoms with Crippen LogP contribution in [0.1, 0.15) is 62.7 Å². The second-order valence-electron chi connectivity index (χ2n) is 6.62. The number of fused-ring (bicyclic) bond motifs is 1. The van der Waals surface area contributed by atoms with Crippen molar-refractivity contribution in [3.05, 3.63) is 29.4 Å². The lowest BCUT2D eigenvalue weighted by Gasteiger charge is -2.24. The number of aryl methyl sites for hydroxylation is 1. The van der Waals surface area contributed by atoms with E-state index in [4.69, 9.17) is 0 Å². The number of nitrogens with zero attached hydrogens (tertiary/aromatic N) is 1. The normalized spacial score (nSPS) is 24.9. The fourth-order valence-electron chi connectivity index (χ4n) is 3.23. The summed E-state index contributed by atoms with van der Waals surface area (Å²) >= 11 is 0. The van der Waals surface area contributed by atoms with Crippen LogP contribution in [0, 0.1) is 5.92 Å². The Hall–Kier alpha value is -1.58. The topological polar surface area (TPSA) is 57.8 Å². The molecule has 1 amide bonds. The van der Waals surface area contributed by atoms with Crippen LogP contribution >= 0.6 is 0 Å². The first kappa shape index (κ1) is 14.4. The molecule has 0 aliphatic heterocycles. The Labute approximate surface area is 126 Å². The zero-order chi connectivity index (χ0) is 14.8. The summed E-state index contributed by atoms with van der Waals surface area (Å²) in [6, 6.07) is 0.237. The van der Waals surface area contributed by atoms with E-state index < -0.39 is 0 Å². The minimum Gasteiger partial charge on any atom is -0.350 e. The maximum Gasteiger partial charge on any atom is 0.223 e. The number of imidazole rings is 1. The largest absolute Gasteiger partial charge is 0.350 e. The molecule has 0 fully saturated rings. The maximum atomic E-state index is 12.4. The molecular weight excluding hydrogens is 262 g/mol. The van der Waals surface area contributed by atoms with Crippen molar-refractivity contribution < 1.29 is 4.79 Å². The van der Waals surface area contributed by atoms with Gasteiger partial charge in [0.25, 0.3) is 0 Å². The van der Waals surface area contributed by atoms with E-state index in [1.54, 1.807) is 0 Å². The lowest BCUT2D eigenvalue weighted by molar-refractivity contribution is -0.125. The molecule has 1 aromatic rings. The molecule has 2 aliphatic rings. The van der Waals surface area contributed by atoms with Gasteiger partial charge in [-0.3, -0.25) is 4.79 Å². The monoisotopic (exact) mass is 287 g/mol. The van der Waals surface area contributed by atoms with Crippen LogP contribution in [-0.2, 0) is 17.6 Å². The van der Waals surface area contributed by atoms with E-state index >= 15 is 0 Å². The van der Waals surface area contributed by atoms with Gasteiger partial charge in [0.05, 0.1) is 5.69 Å².